The summed E-state index contributed by atoms with van der Waals surface area (Å²) in [5, 5.41) is 29.1. The minimum Gasteiger partial charge on any atom is -0.481 e. The van der Waals surface area contributed by atoms with Crippen molar-refractivity contribution in [3.8, 4) is 0 Å². The average Bonchev–Trinajstić information content (AvgIpc) is 4.51. The van der Waals surface area contributed by atoms with E-state index in [1.165, 1.54) is 11.8 Å². The molecule has 7 unspecified atom stereocenters. The van der Waals surface area contributed by atoms with Crippen LogP contribution in [0.1, 0.15) is 61.3 Å². The fourth-order valence-electron chi connectivity index (χ4n) is 9.77. The van der Waals surface area contributed by atoms with Crippen molar-refractivity contribution in [3.05, 3.63) is 144 Å². The number of aromatic nitrogens is 3. The fraction of sp³-hybridized carbons (Fsp3) is 0.322. The molecular formula is C59H68N12O11S. The topological polar surface area (TPSA) is 375 Å². The van der Waals surface area contributed by atoms with Crippen molar-refractivity contribution in [2.24, 2.45) is 11.5 Å². The Morgan fingerprint density at radius 1 is 0.542 bits per heavy atom. The lowest BCUT2D eigenvalue weighted by Gasteiger charge is -2.28. The SMILES string of the molecule is CC(=O)O.CSCCC(NC(=O)C(Cc1c[nH]c2ccccc12)NC(=O)C(Cc1c[nH]c2ccccc12)NC(=O)C(Cc1ccccc1)NC(=O)C(Cc1c[nH]c2ccccc12)NC(=O)C(CCC(N)=O)NC(=O)C1CCC(=O)N1)C(N)=O. The zero-order chi connectivity index (χ0) is 59.6. The molecule has 0 radical (unpaired) electrons. The first kappa shape index (κ1) is 61.2. The minimum absolute atomic E-state index is 0.0240. The molecule has 1 saturated heterocycles. The van der Waals surface area contributed by atoms with Gasteiger partial charge in [-0.25, -0.2) is 0 Å². The van der Waals surface area contributed by atoms with Crippen LogP contribution in [0.15, 0.2) is 122 Å². The van der Waals surface area contributed by atoms with Gasteiger partial charge in [0, 0.05) is 96.7 Å². The van der Waals surface area contributed by atoms with E-state index in [4.69, 9.17) is 21.4 Å². The maximum Gasteiger partial charge on any atom is 0.300 e. The van der Waals surface area contributed by atoms with Crippen molar-refractivity contribution in [2.75, 3.05) is 12.0 Å². The maximum absolute atomic E-state index is 15.1. The molecule has 0 spiro atoms. The molecule has 3 aromatic heterocycles. The lowest BCUT2D eigenvalue weighted by molar-refractivity contribution is -0.135. The molecule has 83 heavy (non-hydrogen) atoms. The van der Waals surface area contributed by atoms with Crippen molar-refractivity contribution in [1.82, 2.24) is 52.2 Å². The van der Waals surface area contributed by atoms with E-state index in [-0.39, 0.29) is 63.7 Å². The highest BCUT2D eigenvalue weighted by atomic mass is 32.2. The van der Waals surface area contributed by atoms with E-state index in [1.54, 1.807) is 48.9 Å². The summed E-state index contributed by atoms with van der Waals surface area (Å²) in [6.45, 7) is 1.08. The van der Waals surface area contributed by atoms with Gasteiger partial charge < -0.3 is 68.7 Å². The number of hydrogen-bond acceptors (Lipinski definition) is 11. The maximum atomic E-state index is 15.1. The van der Waals surface area contributed by atoms with Gasteiger partial charge in [0.25, 0.3) is 5.97 Å². The molecule has 436 valence electrons. The first-order valence-electron chi connectivity index (χ1n) is 26.9. The predicted octanol–water partition coefficient (Wildman–Crippen LogP) is 2.18. The minimum atomic E-state index is -1.41. The van der Waals surface area contributed by atoms with E-state index in [2.05, 4.69) is 52.2 Å². The summed E-state index contributed by atoms with van der Waals surface area (Å²) < 4.78 is 0. The smallest absolute Gasteiger partial charge is 0.300 e. The summed E-state index contributed by atoms with van der Waals surface area (Å²) in [6, 6.07) is 22.2. The zero-order valence-corrected chi connectivity index (χ0v) is 46.6. The van der Waals surface area contributed by atoms with Crippen LogP contribution >= 0.6 is 11.8 Å². The molecule has 4 heterocycles. The summed E-state index contributed by atoms with van der Waals surface area (Å²) in [5.74, 6) is -6.68. The normalized spacial score (nSPS) is 15.0. The molecule has 7 atom stereocenters. The van der Waals surface area contributed by atoms with Gasteiger partial charge >= 0.3 is 0 Å². The van der Waals surface area contributed by atoms with E-state index in [1.807, 2.05) is 79.1 Å². The number of nitrogens with one attached hydrogen (secondary N) is 10. The Bertz CT molecular complexity index is 3470. The van der Waals surface area contributed by atoms with Crippen molar-refractivity contribution in [1.29, 1.82) is 0 Å². The number of nitrogens with two attached hydrogens (primary N) is 2. The van der Waals surface area contributed by atoms with Crippen LogP contribution in [-0.4, -0.2) is 133 Å². The van der Waals surface area contributed by atoms with Gasteiger partial charge in [0.15, 0.2) is 0 Å². The Morgan fingerprint density at radius 2 is 0.928 bits per heavy atom. The number of para-hydroxylation sites is 3. The number of thioether (sulfide) groups is 1. The van der Waals surface area contributed by atoms with Gasteiger partial charge in [0.2, 0.25) is 53.2 Å². The number of carboxylic acid groups (broad SMARTS) is 1. The molecule has 23 nitrogen and oxygen atoms in total. The molecule has 1 aliphatic rings. The van der Waals surface area contributed by atoms with E-state index >= 15 is 14.4 Å². The summed E-state index contributed by atoms with van der Waals surface area (Å²) in [6.07, 6.45) is 6.69. The summed E-state index contributed by atoms with van der Waals surface area (Å²) in [5.41, 5.74) is 16.1. The molecular weight excluding hydrogens is 1080 g/mol. The number of primary amides is 2. The van der Waals surface area contributed by atoms with E-state index in [0.717, 1.165) is 39.6 Å². The van der Waals surface area contributed by atoms with Crippen LogP contribution in [0, 0.1) is 0 Å². The second-order valence-electron chi connectivity index (χ2n) is 20.1. The molecule has 8 rings (SSSR count). The average molecular weight is 1150 g/mol. The number of hydrogen-bond donors (Lipinski definition) is 13. The van der Waals surface area contributed by atoms with Gasteiger partial charge in [-0.1, -0.05) is 84.9 Å². The number of benzene rings is 4. The largest absolute Gasteiger partial charge is 0.481 e. The van der Waals surface area contributed by atoms with Crippen molar-refractivity contribution < 1.29 is 53.1 Å². The van der Waals surface area contributed by atoms with Crippen LogP contribution in [0.3, 0.4) is 0 Å². The first-order valence-corrected chi connectivity index (χ1v) is 28.3. The number of aliphatic carboxylic acids is 1. The molecule has 9 amide bonds. The molecule has 7 aromatic rings. The van der Waals surface area contributed by atoms with Crippen LogP contribution in [0.25, 0.3) is 32.7 Å². The van der Waals surface area contributed by atoms with Crippen molar-refractivity contribution >= 4 is 104 Å². The lowest BCUT2D eigenvalue weighted by Crippen LogP contribution is -2.61. The second-order valence-corrected chi connectivity index (χ2v) is 21.1. The number of rotatable bonds is 27. The van der Waals surface area contributed by atoms with E-state index < -0.39 is 95.5 Å². The number of H-pyrrole nitrogens is 3. The number of carbonyl (C=O) groups excluding carboxylic acids is 9. The molecule has 4 aromatic carbocycles. The molecule has 0 aliphatic carbocycles. The van der Waals surface area contributed by atoms with E-state index in [0.29, 0.717) is 28.0 Å². The van der Waals surface area contributed by atoms with Gasteiger partial charge in [0.1, 0.15) is 42.3 Å². The third-order valence-electron chi connectivity index (χ3n) is 14.0. The summed E-state index contributed by atoms with van der Waals surface area (Å²) in [7, 11) is 0. The third-order valence-corrected chi connectivity index (χ3v) is 14.7. The van der Waals surface area contributed by atoms with Crippen LogP contribution in [0.5, 0.6) is 0 Å². The predicted molar refractivity (Wildman–Crippen MR) is 313 cm³/mol. The Labute approximate surface area is 481 Å². The zero-order valence-electron chi connectivity index (χ0n) is 45.8. The number of aromatic amines is 3. The van der Waals surface area contributed by atoms with Crippen molar-refractivity contribution in [2.45, 2.75) is 107 Å². The summed E-state index contributed by atoms with van der Waals surface area (Å²) in [4.78, 5) is 143. The second kappa shape index (κ2) is 29.3. The van der Waals surface area contributed by atoms with Crippen LogP contribution in [-0.2, 0) is 73.6 Å². The Hall–Kier alpha value is -9.45. The van der Waals surface area contributed by atoms with Crippen molar-refractivity contribution in [3.63, 3.8) is 0 Å². The standard InChI is InChI=1S/C57H64N12O9S.C2H4O2/c1-79-24-23-42(51(59)72)64-55(76)46(26-33-29-60-39-16-8-5-13-36(33)39)69-57(78)48(28-35-31-62-41-18-10-7-15-38(35)41)68-54(75)45(25-32-11-3-2-4-12-32)66-56(77)47(27-34-30-61-40-17-9-6-14-37(34)40)67-53(74)44(19-21-49(58)70)65-52(73)43-20-22-50(71)63-43;1-2(3)4/h2-18,29-31,42-48,60-62H,19-28H2,1H3,(H2,58,70)(H2,59,72)(H,63,71)(H,64,76)(H,65,73)(H,66,77)(H,67,74)(H,68,75)(H,69,78);1H3,(H,3,4). The molecule has 15 N–H and O–H groups in total. The van der Waals surface area contributed by atoms with Crippen LogP contribution < -0.4 is 48.7 Å². The Morgan fingerprint density at radius 3 is 1.31 bits per heavy atom. The van der Waals surface area contributed by atoms with Gasteiger partial charge in [-0.2, -0.15) is 11.8 Å². The Balaban J connectivity index is 0.00000240. The number of carboxylic acids is 1. The third kappa shape index (κ3) is 17.3. The van der Waals surface area contributed by atoms with Crippen LogP contribution in [0.4, 0.5) is 0 Å². The van der Waals surface area contributed by atoms with Gasteiger partial charge in [0.05, 0.1) is 0 Å². The first-order chi connectivity index (χ1) is 39.9. The highest BCUT2D eigenvalue weighted by Gasteiger charge is 2.36. The van der Waals surface area contributed by atoms with Crippen LogP contribution in [0.2, 0.25) is 0 Å². The fourth-order valence-corrected chi connectivity index (χ4v) is 10.2. The number of carbonyl (C=O) groups is 10. The van der Waals surface area contributed by atoms with Gasteiger partial charge in [-0.05, 0) is 71.7 Å². The van der Waals surface area contributed by atoms with Gasteiger partial charge in [-0.15, -0.1) is 0 Å². The molecule has 1 fully saturated rings. The Kier molecular flexibility index (Phi) is 21.6. The number of fused-ring (bicyclic) bond motifs is 3. The van der Waals surface area contributed by atoms with Gasteiger partial charge in [-0.3, -0.25) is 47.9 Å². The molecule has 0 saturated carbocycles. The molecule has 1 aliphatic heterocycles. The lowest BCUT2D eigenvalue weighted by atomic mass is 9.99. The molecule has 0 bridgehead atoms. The number of amides is 9. The quantitative estimate of drug-likeness (QED) is 0.0353. The highest BCUT2D eigenvalue weighted by Crippen LogP contribution is 2.23. The summed E-state index contributed by atoms with van der Waals surface area (Å²) >= 11 is 1.47. The molecule has 24 heteroatoms. The van der Waals surface area contributed by atoms with E-state index in [9.17, 15) is 28.8 Å². The monoisotopic (exact) mass is 1150 g/mol. The highest BCUT2D eigenvalue weighted by molar-refractivity contribution is 7.98.